The highest BCUT2D eigenvalue weighted by Gasteiger charge is 2.19. The van der Waals surface area contributed by atoms with E-state index in [9.17, 15) is 13.6 Å². The van der Waals surface area contributed by atoms with E-state index in [0.29, 0.717) is 0 Å². The molecule has 4 nitrogen and oxygen atoms in total. The van der Waals surface area contributed by atoms with E-state index in [2.05, 4.69) is 4.98 Å². The lowest BCUT2D eigenvalue weighted by Gasteiger charge is -2.20. The number of aromatic nitrogens is 1. The van der Waals surface area contributed by atoms with E-state index in [1.54, 1.807) is 6.07 Å². The lowest BCUT2D eigenvalue weighted by molar-refractivity contribution is 0.0696. The molecule has 0 saturated heterocycles. The van der Waals surface area contributed by atoms with Gasteiger partial charge < -0.3 is 10.0 Å². The molecule has 0 radical (unpaired) electrons. The lowest BCUT2D eigenvalue weighted by atomic mass is 10.2. The molecule has 0 aliphatic carbocycles. The average molecular weight is 264 g/mol. The number of nitrogens with zero attached hydrogens (tertiary/aromatic N) is 2. The second-order valence-corrected chi connectivity index (χ2v) is 3.84. The van der Waals surface area contributed by atoms with E-state index < -0.39 is 17.6 Å². The van der Waals surface area contributed by atoms with Crippen molar-refractivity contribution in [2.75, 3.05) is 11.9 Å². The van der Waals surface area contributed by atoms with Gasteiger partial charge in [0, 0.05) is 7.05 Å². The van der Waals surface area contributed by atoms with E-state index in [1.165, 1.54) is 30.1 Å². The number of rotatable bonds is 3. The fourth-order valence-electron chi connectivity index (χ4n) is 1.69. The quantitative estimate of drug-likeness (QED) is 0.926. The number of carbonyl (C=O) groups is 1. The minimum atomic E-state index is -1.33. The molecule has 0 spiro atoms. The molecule has 2 rings (SSSR count). The molecule has 2 aromatic rings. The molecule has 1 heterocycles. The second-order valence-electron chi connectivity index (χ2n) is 3.84. The van der Waals surface area contributed by atoms with E-state index in [-0.39, 0.29) is 17.1 Å². The summed E-state index contributed by atoms with van der Waals surface area (Å²) in [5, 5.41) is 9.03. The van der Waals surface area contributed by atoms with Gasteiger partial charge in [0.2, 0.25) is 0 Å². The molecule has 0 aliphatic heterocycles. The van der Waals surface area contributed by atoms with Gasteiger partial charge in [-0.25, -0.2) is 18.6 Å². The molecule has 0 atom stereocenters. The van der Waals surface area contributed by atoms with Crippen molar-refractivity contribution in [1.82, 2.24) is 4.98 Å². The van der Waals surface area contributed by atoms with Crippen molar-refractivity contribution in [2.24, 2.45) is 0 Å². The normalized spacial score (nSPS) is 10.3. The smallest absolute Gasteiger partial charge is 0.339 e. The summed E-state index contributed by atoms with van der Waals surface area (Å²) in [5.41, 5.74) is -0.171. The van der Waals surface area contributed by atoms with Gasteiger partial charge in [-0.05, 0) is 18.2 Å². The first kappa shape index (κ1) is 12.9. The zero-order valence-corrected chi connectivity index (χ0v) is 9.97. The van der Waals surface area contributed by atoms with Gasteiger partial charge in [-0.1, -0.05) is 12.1 Å². The van der Waals surface area contributed by atoms with Crippen LogP contribution >= 0.6 is 0 Å². The van der Waals surface area contributed by atoms with E-state index >= 15 is 0 Å². The third-order valence-electron chi connectivity index (χ3n) is 2.60. The van der Waals surface area contributed by atoms with Gasteiger partial charge in [0.25, 0.3) is 0 Å². The van der Waals surface area contributed by atoms with Crippen LogP contribution in [-0.2, 0) is 0 Å². The highest BCUT2D eigenvalue weighted by molar-refractivity contribution is 5.94. The molecular weight excluding hydrogens is 254 g/mol. The molecule has 0 aliphatic rings. The molecule has 0 saturated carbocycles. The molecular formula is C13H10F2N2O2. The first-order chi connectivity index (χ1) is 9.00. The number of anilines is 2. The van der Waals surface area contributed by atoms with Gasteiger partial charge in [-0.3, -0.25) is 0 Å². The van der Waals surface area contributed by atoms with Crippen molar-refractivity contribution < 1.29 is 18.7 Å². The van der Waals surface area contributed by atoms with Crippen LogP contribution in [0.5, 0.6) is 0 Å². The third-order valence-corrected chi connectivity index (χ3v) is 2.60. The Morgan fingerprint density at radius 3 is 2.63 bits per heavy atom. The monoisotopic (exact) mass is 264 g/mol. The molecule has 1 aromatic heterocycles. The molecule has 6 heteroatoms. The number of hydrogen-bond donors (Lipinski definition) is 1. The molecule has 98 valence electrons. The van der Waals surface area contributed by atoms with Crippen molar-refractivity contribution in [1.29, 1.82) is 0 Å². The number of pyridine rings is 1. The van der Waals surface area contributed by atoms with Crippen molar-refractivity contribution in [3.05, 3.63) is 53.7 Å². The van der Waals surface area contributed by atoms with Crippen molar-refractivity contribution in [3.8, 4) is 0 Å². The number of carboxylic acids is 1. The highest BCUT2D eigenvalue weighted by atomic mass is 19.1. The number of carboxylic acid groups (broad SMARTS) is 1. The molecule has 0 unspecified atom stereocenters. The first-order valence-corrected chi connectivity index (χ1v) is 5.38. The summed E-state index contributed by atoms with van der Waals surface area (Å²) in [4.78, 5) is 16.1. The average Bonchev–Trinajstić information content (AvgIpc) is 2.38. The van der Waals surface area contributed by atoms with Gasteiger partial charge in [0.05, 0.1) is 11.9 Å². The van der Waals surface area contributed by atoms with Crippen LogP contribution < -0.4 is 4.90 Å². The Kier molecular flexibility index (Phi) is 3.41. The summed E-state index contributed by atoms with van der Waals surface area (Å²) >= 11 is 0. The largest absolute Gasteiger partial charge is 0.478 e. The second kappa shape index (κ2) is 5.01. The van der Waals surface area contributed by atoms with Crippen LogP contribution in [0.1, 0.15) is 10.4 Å². The molecule has 19 heavy (non-hydrogen) atoms. The maximum absolute atomic E-state index is 13.6. The Morgan fingerprint density at radius 1 is 1.32 bits per heavy atom. The number of benzene rings is 1. The number of hydrogen-bond acceptors (Lipinski definition) is 3. The Morgan fingerprint density at radius 2 is 2.00 bits per heavy atom. The molecule has 0 amide bonds. The van der Waals surface area contributed by atoms with Gasteiger partial charge in [0.15, 0.2) is 0 Å². The van der Waals surface area contributed by atoms with E-state index in [4.69, 9.17) is 5.11 Å². The fraction of sp³-hybridized carbons (Fsp3) is 0.0769. The fourth-order valence-corrected chi connectivity index (χ4v) is 1.69. The standard InChI is InChI=1S/C13H10F2N2O2/c1-17(11-5-3-2-4-10(11)15)12-9(13(18)19)6-8(14)7-16-12/h2-7H,1H3,(H,18,19). The summed E-state index contributed by atoms with van der Waals surface area (Å²) in [6, 6.07) is 6.70. The van der Waals surface area contributed by atoms with E-state index in [0.717, 1.165) is 12.3 Å². The zero-order valence-electron chi connectivity index (χ0n) is 9.97. The maximum Gasteiger partial charge on any atom is 0.339 e. The van der Waals surface area contributed by atoms with Gasteiger partial charge in [0.1, 0.15) is 23.0 Å². The Labute approximate surface area is 107 Å². The molecule has 0 fully saturated rings. The predicted octanol–water partition coefficient (Wildman–Crippen LogP) is 2.83. The topological polar surface area (TPSA) is 53.4 Å². The minimum Gasteiger partial charge on any atom is -0.478 e. The van der Waals surface area contributed by atoms with Crippen LogP contribution in [0.2, 0.25) is 0 Å². The molecule has 1 aromatic carbocycles. The van der Waals surface area contributed by atoms with Crippen LogP contribution in [0.15, 0.2) is 36.5 Å². The third kappa shape index (κ3) is 2.52. The van der Waals surface area contributed by atoms with Crippen molar-refractivity contribution >= 4 is 17.5 Å². The minimum absolute atomic E-state index is 0.0287. The number of para-hydroxylation sites is 1. The van der Waals surface area contributed by atoms with Crippen LogP contribution in [0.4, 0.5) is 20.3 Å². The number of halogens is 2. The molecule has 0 bridgehead atoms. The van der Waals surface area contributed by atoms with Gasteiger partial charge >= 0.3 is 5.97 Å². The predicted molar refractivity (Wildman–Crippen MR) is 65.6 cm³/mol. The summed E-state index contributed by atoms with van der Waals surface area (Å²) in [6.07, 6.45) is 0.888. The highest BCUT2D eigenvalue weighted by Crippen LogP contribution is 2.27. The van der Waals surface area contributed by atoms with Crippen molar-refractivity contribution in [3.63, 3.8) is 0 Å². The van der Waals surface area contributed by atoms with Crippen LogP contribution in [-0.4, -0.2) is 23.1 Å². The Balaban J connectivity index is 2.53. The maximum atomic E-state index is 13.6. The summed E-state index contributed by atoms with van der Waals surface area (Å²) in [5.74, 6) is -2.64. The Hall–Kier alpha value is -2.50. The summed E-state index contributed by atoms with van der Waals surface area (Å²) in [7, 11) is 1.46. The summed E-state index contributed by atoms with van der Waals surface area (Å²) in [6.45, 7) is 0. The van der Waals surface area contributed by atoms with Gasteiger partial charge in [-0.15, -0.1) is 0 Å². The lowest BCUT2D eigenvalue weighted by Crippen LogP contribution is -2.17. The summed E-state index contributed by atoms with van der Waals surface area (Å²) < 4.78 is 26.7. The molecule has 1 N–H and O–H groups in total. The van der Waals surface area contributed by atoms with E-state index in [1.807, 2.05) is 0 Å². The van der Waals surface area contributed by atoms with Crippen LogP contribution in [0, 0.1) is 11.6 Å². The first-order valence-electron chi connectivity index (χ1n) is 5.38. The Bertz CT molecular complexity index is 632. The zero-order chi connectivity index (χ0) is 14.0. The van der Waals surface area contributed by atoms with Gasteiger partial charge in [-0.2, -0.15) is 0 Å². The van der Waals surface area contributed by atoms with Crippen molar-refractivity contribution in [2.45, 2.75) is 0 Å². The number of aromatic carboxylic acids is 1. The SMILES string of the molecule is CN(c1ccccc1F)c1ncc(F)cc1C(=O)O. The van der Waals surface area contributed by atoms with Crippen LogP contribution in [0.25, 0.3) is 0 Å². The van der Waals surface area contributed by atoms with Crippen LogP contribution in [0.3, 0.4) is 0 Å².